The van der Waals surface area contributed by atoms with E-state index >= 15 is 0 Å². The van der Waals surface area contributed by atoms with Crippen molar-refractivity contribution >= 4 is 11.9 Å². The Bertz CT molecular complexity index is 806. The second-order valence-corrected chi connectivity index (χ2v) is 6.52. The van der Waals surface area contributed by atoms with Gasteiger partial charge < -0.3 is 14.6 Å². The van der Waals surface area contributed by atoms with E-state index in [1.807, 2.05) is 56.7 Å². The number of hydrogen-bond acceptors (Lipinski definition) is 3. The molecule has 1 N–H and O–H groups in total. The summed E-state index contributed by atoms with van der Waals surface area (Å²) in [4.78, 5) is 24.4. The summed E-state index contributed by atoms with van der Waals surface area (Å²) >= 11 is 0. The molecule has 2 rings (SSSR count). The van der Waals surface area contributed by atoms with Crippen LogP contribution in [0.5, 0.6) is 0 Å². The van der Waals surface area contributed by atoms with E-state index in [2.05, 4.69) is 5.32 Å². The summed E-state index contributed by atoms with van der Waals surface area (Å²) in [5.41, 5.74) is 5.80. The standard InChI is InChI=1S/C21H28N2O3/c1-6-26-21(25)20-15(3)18(16(4)23(20)5)11-12-19(24)22-13-17-10-8-7-9-14(17)2/h7-10H,6,11-13H2,1-5H3,(H,22,24). The van der Waals surface area contributed by atoms with Crippen LogP contribution in [0.1, 0.15) is 51.8 Å². The van der Waals surface area contributed by atoms with Crippen LogP contribution in [0.4, 0.5) is 0 Å². The summed E-state index contributed by atoms with van der Waals surface area (Å²) in [6.07, 6.45) is 0.990. The van der Waals surface area contributed by atoms with E-state index in [1.54, 1.807) is 6.92 Å². The molecule has 5 heteroatoms. The van der Waals surface area contributed by atoms with Crippen LogP contribution in [0, 0.1) is 20.8 Å². The van der Waals surface area contributed by atoms with E-state index < -0.39 is 0 Å². The molecular formula is C21H28N2O3. The van der Waals surface area contributed by atoms with Crippen LogP contribution < -0.4 is 5.32 Å². The number of aromatic nitrogens is 1. The number of nitrogens with one attached hydrogen (secondary N) is 1. The summed E-state index contributed by atoms with van der Waals surface area (Å²) in [7, 11) is 1.86. The van der Waals surface area contributed by atoms with Gasteiger partial charge in [0.15, 0.2) is 0 Å². The molecule has 0 aliphatic carbocycles. The smallest absolute Gasteiger partial charge is 0.355 e. The van der Waals surface area contributed by atoms with Crippen molar-refractivity contribution in [3.05, 3.63) is 57.9 Å². The Morgan fingerprint density at radius 2 is 1.85 bits per heavy atom. The van der Waals surface area contributed by atoms with Crippen molar-refractivity contribution in [2.45, 2.75) is 47.1 Å². The highest BCUT2D eigenvalue weighted by molar-refractivity contribution is 5.90. The topological polar surface area (TPSA) is 60.3 Å². The second kappa shape index (κ2) is 8.70. The lowest BCUT2D eigenvalue weighted by atomic mass is 10.0. The summed E-state index contributed by atoms with van der Waals surface area (Å²) in [5, 5.41) is 2.98. The average Bonchev–Trinajstić information content (AvgIpc) is 2.82. The summed E-state index contributed by atoms with van der Waals surface area (Å²) < 4.78 is 7.00. The van der Waals surface area contributed by atoms with Crippen LogP contribution >= 0.6 is 0 Å². The zero-order valence-electron chi connectivity index (χ0n) is 16.3. The van der Waals surface area contributed by atoms with E-state index in [4.69, 9.17) is 4.74 Å². The van der Waals surface area contributed by atoms with Crippen molar-refractivity contribution in [3.8, 4) is 0 Å². The highest BCUT2D eigenvalue weighted by atomic mass is 16.5. The number of carbonyl (C=O) groups excluding carboxylic acids is 2. The van der Waals surface area contributed by atoms with E-state index in [-0.39, 0.29) is 11.9 Å². The van der Waals surface area contributed by atoms with Crippen molar-refractivity contribution in [1.82, 2.24) is 9.88 Å². The Morgan fingerprint density at radius 3 is 2.50 bits per heavy atom. The maximum atomic E-state index is 12.2. The normalized spacial score (nSPS) is 10.7. The van der Waals surface area contributed by atoms with Gasteiger partial charge >= 0.3 is 5.97 Å². The monoisotopic (exact) mass is 356 g/mol. The van der Waals surface area contributed by atoms with Gasteiger partial charge in [0.25, 0.3) is 0 Å². The van der Waals surface area contributed by atoms with Crippen molar-refractivity contribution in [2.24, 2.45) is 7.05 Å². The fraction of sp³-hybridized carbons (Fsp3) is 0.429. The van der Waals surface area contributed by atoms with Gasteiger partial charge in [-0.25, -0.2) is 4.79 Å². The fourth-order valence-corrected chi connectivity index (χ4v) is 3.22. The Morgan fingerprint density at radius 1 is 1.15 bits per heavy atom. The highest BCUT2D eigenvalue weighted by Crippen LogP contribution is 2.23. The maximum absolute atomic E-state index is 12.2. The van der Waals surface area contributed by atoms with Gasteiger partial charge in [0.1, 0.15) is 5.69 Å². The molecule has 1 amide bonds. The first-order chi connectivity index (χ1) is 12.4. The molecule has 2 aromatic rings. The quantitative estimate of drug-likeness (QED) is 0.774. The minimum absolute atomic E-state index is 0.00795. The van der Waals surface area contributed by atoms with Gasteiger partial charge in [-0.05, 0) is 56.4 Å². The molecule has 0 aliphatic rings. The van der Waals surface area contributed by atoms with E-state index in [0.29, 0.717) is 31.7 Å². The Labute approximate surface area is 155 Å². The highest BCUT2D eigenvalue weighted by Gasteiger charge is 2.21. The van der Waals surface area contributed by atoms with Crippen molar-refractivity contribution in [3.63, 3.8) is 0 Å². The number of rotatable bonds is 7. The molecule has 0 saturated carbocycles. The van der Waals surface area contributed by atoms with Gasteiger partial charge in [-0.1, -0.05) is 24.3 Å². The van der Waals surface area contributed by atoms with E-state index in [0.717, 1.165) is 22.4 Å². The fourth-order valence-electron chi connectivity index (χ4n) is 3.22. The molecule has 0 spiro atoms. The number of aryl methyl sites for hydroxylation is 1. The summed E-state index contributed by atoms with van der Waals surface area (Å²) in [5.74, 6) is -0.306. The Balaban J connectivity index is 2.01. The molecule has 0 fully saturated rings. The van der Waals surface area contributed by atoms with Crippen LogP contribution in [-0.4, -0.2) is 23.1 Å². The molecule has 140 valence electrons. The lowest BCUT2D eigenvalue weighted by Gasteiger charge is -2.08. The molecule has 0 saturated heterocycles. The van der Waals surface area contributed by atoms with Gasteiger partial charge in [0.2, 0.25) is 5.91 Å². The second-order valence-electron chi connectivity index (χ2n) is 6.52. The van der Waals surface area contributed by atoms with Gasteiger partial charge in [-0.2, -0.15) is 0 Å². The number of carbonyl (C=O) groups is 2. The van der Waals surface area contributed by atoms with E-state index in [1.165, 1.54) is 5.56 Å². The van der Waals surface area contributed by atoms with Crippen LogP contribution in [0.25, 0.3) is 0 Å². The number of esters is 1. The predicted octanol–water partition coefficient (Wildman–Crippen LogP) is 3.38. The molecule has 26 heavy (non-hydrogen) atoms. The lowest BCUT2D eigenvalue weighted by molar-refractivity contribution is -0.121. The average molecular weight is 356 g/mol. The first-order valence-electron chi connectivity index (χ1n) is 8.99. The first kappa shape index (κ1) is 19.8. The minimum atomic E-state index is -0.314. The number of hydrogen-bond donors (Lipinski definition) is 1. The number of benzene rings is 1. The molecule has 0 radical (unpaired) electrons. The molecule has 1 heterocycles. The third kappa shape index (κ3) is 4.34. The molecular weight excluding hydrogens is 328 g/mol. The zero-order chi connectivity index (χ0) is 19.3. The van der Waals surface area contributed by atoms with Crippen molar-refractivity contribution in [1.29, 1.82) is 0 Å². The van der Waals surface area contributed by atoms with Gasteiger partial charge in [0.05, 0.1) is 6.61 Å². The SMILES string of the molecule is CCOC(=O)c1c(C)c(CCC(=O)NCc2ccccc2C)c(C)n1C. The third-order valence-corrected chi connectivity index (χ3v) is 4.89. The molecule has 0 unspecified atom stereocenters. The van der Waals surface area contributed by atoms with Gasteiger partial charge in [0, 0.05) is 25.7 Å². The van der Waals surface area contributed by atoms with Gasteiger partial charge in [-0.15, -0.1) is 0 Å². The molecule has 5 nitrogen and oxygen atoms in total. The summed E-state index contributed by atoms with van der Waals surface area (Å²) in [6, 6.07) is 8.02. The zero-order valence-corrected chi connectivity index (χ0v) is 16.3. The van der Waals surface area contributed by atoms with Crippen LogP contribution in [0.15, 0.2) is 24.3 Å². The lowest BCUT2D eigenvalue weighted by Crippen LogP contribution is -2.23. The molecule has 0 atom stereocenters. The Hall–Kier alpha value is -2.56. The first-order valence-corrected chi connectivity index (χ1v) is 8.99. The number of nitrogens with zero attached hydrogens (tertiary/aromatic N) is 1. The third-order valence-electron chi connectivity index (χ3n) is 4.89. The maximum Gasteiger partial charge on any atom is 0.355 e. The molecule has 0 bridgehead atoms. The number of amides is 1. The van der Waals surface area contributed by atoms with Crippen molar-refractivity contribution < 1.29 is 14.3 Å². The van der Waals surface area contributed by atoms with Crippen molar-refractivity contribution in [2.75, 3.05) is 6.61 Å². The van der Waals surface area contributed by atoms with Crippen LogP contribution in [0.3, 0.4) is 0 Å². The molecule has 1 aromatic carbocycles. The van der Waals surface area contributed by atoms with Crippen LogP contribution in [0.2, 0.25) is 0 Å². The molecule has 0 aliphatic heterocycles. The minimum Gasteiger partial charge on any atom is -0.461 e. The Kier molecular flexibility index (Phi) is 6.61. The molecule has 1 aromatic heterocycles. The largest absolute Gasteiger partial charge is 0.461 e. The predicted molar refractivity (Wildman–Crippen MR) is 102 cm³/mol. The van der Waals surface area contributed by atoms with Gasteiger partial charge in [-0.3, -0.25) is 4.79 Å². The summed E-state index contributed by atoms with van der Waals surface area (Å²) in [6.45, 7) is 8.60. The van der Waals surface area contributed by atoms with E-state index in [9.17, 15) is 9.59 Å². The number of ether oxygens (including phenoxy) is 1. The van der Waals surface area contributed by atoms with Crippen LogP contribution in [-0.2, 0) is 29.5 Å².